The highest BCUT2D eigenvalue weighted by Gasteiger charge is 2.19. The van der Waals surface area contributed by atoms with Crippen molar-refractivity contribution in [1.29, 1.82) is 0 Å². The van der Waals surface area contributed by atoms with Crippen LogP contribution in [0.15, 0.2) is 59.7 Å². The van der Waals surface area contributed by atoms with E-state index in [1.807, 2.05) is 37.3 Å². The first kappa shape index (κ1) is 23.9. The third kappa shape index (κ3) is 8.04. The normalized spacial score (nSPS) is 16.2. The van der Waals surface area contributed by atoms with E-state index in [1.54, 1.807) is 24.3 Å². The Kier molecular flexibility index (Phi) is 8.96. The molecule has 2 atom stereocenters. The van der Waals surface area contributed by atoms with Gasteiger partial charge in [0, 0.05) is 13.2 Å². The van der Waals surface area contributed by atoms with Crippen LogP contribution in [0.25, 0.3) is 0 Å². The SMILES string of the molecule is C[C@H](NC(=O)COc1ccc(/C=N\NC(=O)C(=O)NC[C@H]2CCCO2)cc1)c1ccccc1. The van der Waals surface area contributed by atoms with Crippen LogP contribution < -0.4 is 20.8 Å². The van der Waals surface area contributed by atoms with Crippen molar-refractivity contribution in [2.24, 2.45) is 5.10 Å². The molecule has 1 heterocycles. The Hall–Kier alpha value is -3.72. The molecule has 1 aliphatic rings. The lowest BCUT2D eigenvalue weighted by molar-refractivity contribution is -0.139. The lowest BCUT2D eigenvalue weighted by atomic mass is 10.1. The monoisotopic (exact) mass is 452 g/mol. The van der Waals surface area contributed by atoms with E-state index in [4.69, 9.17) is 9.47 Å². The fourth-order valence-corrected chi connectivity index (χ4v) is 3.22. The van der Waals surface area contributed by atoms with E-state index in [0.717, 1.165) is 18.4 Å². The van der Waals surface area contributed by atoms with Gasteiger partial charge in [0.05, 0.1) is 18.4 Å². The molecule has 0 unspecified atom stereocenters. The number of hydrogen-bond donors (Lipinski definition) is 3. The summed E-state index contributed by atoms with van der Waals surface area (Å²) in [5, 5.41) is 9.20. The van der Waals surface area contributed by atoms with Crippen molar-refractivity contribution in [1.82, 2.24) is 16.1 Å². The van der Waals surface area contributed by atoms with Gasteiger partial charge in [-0.3, -0.25) is 14.4 Å². The molecule has 0 spiro atoms. The van der Waals surface area contributed by atoms with E-state index in [2.05, 4.69) is 21.2 Å². The van der Waals surface area contributed by atoms with Crippen molar-refractivity contribution in [3.8, 4) is 5.75 Å². The number of rotatable bonds is 9. The van der Waals surface area contributed by atoms with Crippen molar-refractivity contribution in [3.63, 3.8) is 0 Å². The summed E-state index contributed by atoms with van der Waals surface area (Å²) in [5.74, 6) is -1.31. The van der Waals surface area contributed by atoms with Crippen LogP contribution in [-0.2, 0) is 19.1 Å². The molecule has 3 N–H and O–H groups in total. The second-order valence-corrected chi connectivity index (χ2v) is 7.60. The molecule has 2 aromatic rings. The van der Waals surface area contributed by atoms with Gasteiger partial charge in [-0.15, -0.1) is 0 Å². The second kappa shape index (κ2) is 12.4. The molecule has 1 saturated heterocycles. The lowest BCUT2D eigenvalue weighted by Crippen LogP contribution is -2.41. The third-order valence-electron chi connectivity index (χ3n) is 5.03. The van der Waals surface area contributed by atoms with Gasteiger partial charge in [0.15, 0.2) is 6.61 Å². The Morgan fingerprint density at radius 3 is 2.58 bits per heavy atom. The van der Waals surface area contributed by atoms with Crippen LogP contribution in [0.1, 0.15) is 36.9 Å². The molecule has 3 amide bonds. The van der Waals surface area contributed by atoms with Crippen molar-refractivity contribution in [2.45, 2.75) is 31.9 Å². The Bertz CT molecular complexity index is 957. The zero-order valence-electron chi connectivity index (χ0n) is 18.5. The average molecular weight is 453 g/mol. The first-order valence-corrected chi connectivity index (χ1v) is 10.8. The lowest BCUT2D eigenvalue weighted by Gasteiger charge is -2.14. The quantitative estimate of drug-likeness (QED) is 0.304. The number of hydrazone groups is 1. The molecule has 174 valence electrons. The zero-order chi connectivity index (χ0) is 23.5. The summed E-state index contributed by atoms with van der Waals surface area (Å²) in [6, 6.07) is 16.4. The number of nitrogens with zero attached hydrogens (tertiary/aromatic N) is 1. The largest absolute Gasteiger partial charge is 0.484 e. The van der Waals surface area contributed by atoms with Crippen LogP contribution in [0.2, 0.25) is 0 Å². The predicted octanol–water partition coefficient (Wildman–Crippen LogP) is 1.69. The van der Waals surface area contributed by atoms with Gasteiger partial charge in [-0.25, -0.2) is 5.43 Å². The fourth-order valence-electron chi connectivity index (χ4n) is 3.22. The van der Waals surface area contributed by atoms with Crippen molar-refractivity contribution in [3.05, 3.63) is 65.7 Å². The van der Waals surface area contributed by atoms with Gasteiger partial charge in [0.2, 0.25) is 0 Å². The number of benzene rings is 2. The molecule has 3 rings (SSSR count). The number of ether oxygens (including phenoxy) is 2. The Labute approximate surface area is 192 Å². The topological polar surface area (TPSA) is 118 Å². The number of nitrogens with one attached hydrogen (secondary N) is 3. The van der Waals surface area contributed by atoms with Gasteiger partial charge in [-0.05, 0) is 55.2 Å². The smallest absolute Gasteiger partial charge is 0.329 e. The molecule has 0 aliphatic carbocycles. The van der Waals surface area contributed by atoms with Crippen LogP contribution in [0, 0.1) is 0 Å². The number of carbonyl (C=O) groups is 3. The van der Waals surface area contributed by atoms with Gasteiger partial charge >= 0.3 is 11.8 Å². The minimum Gasteiger partial charge on any atom is -0.484 e. The van der Waals surface area contributed by atoms with E-state index in [0.29, 0.717) is 24.5 Å². The van der Waals surface area contributed by atoms with Crippen LogP contribution in [-0.4, -0.2) is 49.8 Å². The van der Waals surface area contributed by atoms with Crippen LogP contribution in [0.4, 0.5) is 0 Å². The summed E-state index contributed by atoms with van der Waals surface area (Å²) >= 11 is 0. The molecule has 9 heteroatoms. The molecule has 0 radical (unpaired) electrons. The Morgan fingerprint density at radius 2 is 1.88 bits per heavy atom. The highest BCUT2D eigenvalue weighted by molar-refractivity contribution is 6.35. The minimum atomic E-state index is -0.847. The summed E-state index contributed by atoms with van der Waals surface area (Å²) in [6.45, 7) is 2.79. The van der Waals surface area contributed by atoms with E-state index in [9.17, 15) is 14.4 Å². The summed E-state index contributed by atoms with van der Waals surface area (Å²) in [6.07, 6.45) is 3.20. The fraction of sp³-hybridized carbons (Fsp3) is 0.333. The molecule has 0 saturated carbocycles. The third-order valence-corrected chi connectivity index (χ3v) is 5.03. The second-order valence-electron chi connectivity index (χ2n) is 7.60. The van der Waals surface area contributed by atoms with Gasteiger partial charge in [0.25, 0.3) is 5.91 Å². The van der Waals surface area contributed by atoms with Crippen LogP contribution >= 0.6 is 0 Å². The van der Waals surface area contributed by atoms with Crippen molar-refractivity contribution < 1.29 is 23.9 Å². The van der Waals surface area contributed by atoms with Gasteiger partial charge in [0.1, 0.15) is 5.75 Å². The molecule has 33 heavy (non-hydrogen) atoms. The maximum absolute atomic E-state index is 12.1. The van der Waals surface area contributed by atoms with Crippen molar-refractivity contribution >= 4 is 23.9 Å². The Morgan fingerprint density at radius 1 is 1.12 bits per heavy atom. The van der Waals surface area contributed by atoms with Crippen LogP contribution in [0.5, 0.6) is 5.75 Å². The summed E-state index contributed by atoms with van der Waals surface area (Å²) in [5.41, 5.74) is 3.89. The number of carbonyl (C=O) groups excluding carboxylic acids is 3. The molecule has 2 aromatic carbocycles. The molecule has 9 nitrogen and oxygen atoms in total. The van der Waals surface area contributed by atoms with E-state index < -0.39 is 11.8 Å². The summed E-state index contributed by atoms with van der Waals surface area (Å²) < 4.78 is 10.9. The van der Waals surface area contributed by atoms with E-state index >= 15 is 0 Å². The highest BCUT2D eigenvalue weighted by atomic mass is 16.5. The summed E-state index contributed by atoms with van der Waals surface area (Å²) in [7, 11) is 0. The summed E-state index contributed by atoms with van der Waals surface area (Å²) in [4.78, 5) is 35.6. The molecule has 1 aliphatic heterocycles. The zero-order valence-corrected chi connectivity index (χ0v) is 18.5. The first-order valence-electron chi connectivity index (χ1n) is 10.8. The van der Waals surface area contributed by atoms with Crippen LogP contribution in [0.3, 0.4) is 0 Å². The average Bonchev–Trinajstić information content (AvgIpc) is 3.36. The minimum absolute atomic E-state index is 0.0377. The standard InChI is InChI=1S/C24H28N4O5/c1-17(19-6-3-2-4-7-19)27-22(29)16-33-20-11-9-18(10-12-20)14-26-28-24(31)23(30)25-15-21-8-5-13-32-21/h2-4,6-7,9-12,14,17,21H,5,8,13,15-16H2,1H3,(H,25,30)(H,27,29)(H,28,31)/b26-14-/t17-,21+/m0/s1. The van der Waals surface area contributed by atoms with Crippen molar-refractivity contribution in [2.75, 3.05) is 19.8 Å². The van der Waals surface area contributed by atoms with Gasteiger partial charge < -0.3 is 20.1 Å². The maximum Gasteiger partial charge on any atom is 0.329 e. The molecule has 0 bridgehead atoms. The van der Waals surface area contributed by atoms with E-state index in [-0.39, 0.29) is 24.7 Å². The molecular weight excluding hydrogens is 424 g/mol. The van der Waals surface area contributed by atoms with E-state index in [1.165, 1.54) is 6.21 Å². The Balaban J connectivity index is 1.36. The highest BCUT2D eigenvalue weighted by Crippen LogP contribution is 2.13. The molecule has 1 fully saturated rings. The maximum atomic E-state index is 12.1. The predicted molar refractivity (Wildman–Crippen MR) is 123 cm³/mol. The molecule has 0 aromatic heterocycles. The first-order chi connectivity index (χ1) is 16.0. The number of hydrogen-bond acceptors (Lipinski definition) is 6. The van der Waals surface area contributed by atoms with Gasteiger partial charge in [-0.2, -0.15) is 5.10 Å². The molecular formula is C24H28N4O5. The number of amides is 3. The van der Waals surface area contributed by atoms with Gasteiger partial charge in [-0.1, -0.05) is 30.3 Å².